The molecule has 3 aromatic rings. The van der Waals surface area contributed by atoms with Gasteiger partial charge in [-0.1, -0.05) is 23.5 Å². The van der Waals surface area contributed by atoms with Crippen LogP contribution in [-0.2, 0) is 0 Å². The summed E-state index contributed by atoms with van der Waals surface area (Å²) in [7, 11) is 1.45. The van der Waals surface area contributed by atoms with E-state index in [0.717, 1.165) is 10.2 Å². The third-order valence-electron chi connectivity index (χ3n) is 2.51. The molecule has 0 amide bonds. The maximum Gasteiger partial charge on any atom is 0.360 e. The number of methoxy groups -OCH3 is 1. The van der Waals surface area contributed by atoms with E-state index in [1.807, 2.05) is 24.3 Å². The number of fused-ring (bicyclic) bond motifs is 3. The molecule has 86 valence electrons. The van der Waals surface area contributed by atoms with Crippen molar-refractivity contribution in [1.29, 1.82) is 0 Å². The zero-order valence-corrected chi connectivity index (χ0v) is 9.69. The van der Waals surface area contributed by atoms with Crippen molar-refractivity contribution in [2.75, 3.05) is 7.11 Å². The number of rotatable bonds is 2. The third kappa shape index (κ3) is 1.31. The van der Waals surface area contributed by atoms with Gasteiger partial charge in [0.05, 0.1) is 17.3 Å². The van der Waals surface area contributed by atoms with Crippen molar-refractivity contribution in [2.45, 2.75) is 0 Å². The molecule has 6 heteroatoms. The Morgan fingerprint density at radius 2 is 2.24 bits per heavy atom. The summed E-state index contributed by atoms with van der Waals surface area (Å²) in [5.74, 6) is -0.813. The number of para-hydroxylation sites is 1. The van der Waals surface area contributed by atoms with Gasteiger partial charge in [0.1, 0.15) is 0 Å². The van der Waals surface area contributed by atoms with Crippen molar-refractivity contribution in [1.82, 2.24) is 9.38 Å². The fourth-order valence-electron chi connectivity index (χ4n) is 1.82. The Morgan fingerprint density at radius 3 is 2.94 bits per heavy atom. The zero-order chi connectivity index (χ0) is 12.0. The Hall–Kier alpha value is -2.08. The second kappa shape index (κ2) is 3.46. The summed E-state index contributed by atoms with van der Waals surface area (Å²) in [6, 6.07) is 7.71. The van der Waals surface area contributed by atoms with E-state index in [-0.39, 0.29) is 11.6 Å². The molecule has 2 aromatic heterocycles. The predicted molar refractivity (Wildman–Crippen MR) is 64.1 cm³/mol. The van der Waals surface area contributed by atoms with Crippen LogP contribution in [0.3, 0.4) is 0 Å². The molecule has 0 saturated carbocycles. The highest BCUT2D eigenvalue weighted by Gasteiger charge is 2.21. The highest BCUT2D eigenvalue weighted by Crippen LogP contribution is 2.32. The Balaban J connectivity index is 2.48. The molecule has 0 spiro atoms. The average molecular weight is 248 g/mol. The van der Waals surface area contributed by atoms with Gasteiger partial charge in [0.25, 0.3) is 0 Å². The normalized spacial score (nSPS) is 11.1. The molecule has 5 nitrogen and oxygen atoms in total. The fraction of sp³-hybridized carbons (Fsp3) is 0.0909. The summed E-state index contributed by atoms with van der Waals surface area (Å²) in [5.41, 5.74) is 0.855. The number of imidazole rings is 1. The molecule has 1 N–H and O–H groups in total. The van der Waals surface area contributed by atoms with Gasteiger partial charge in [-0.05, 0) is 12.1 Å². The molecule has 2 heterocycles. The lowest BCUT2D eigenvalue weighted by Crippen LogP contribution is -2.00. The molecule has 0 unspecified atom stereocenters. The third-order valence-corrected chi connectivity index (χ3v) is 3.53. The molecule has 3 rings (SSSR count). The minimum atomic E-state index is -1.08. The second-order valence-corrected chi connectivity index (χ2v) is 4.47. The van der Waals surface area contributed by atoms with E-state index in [1.54, 1.807) is 4.40 Å². The van der Waals surface area contributed by atoms with Crippen molar-refractivity contribution in [3.63, 3.8) is 0 Å². The molecule has 0 atom stereocenters. The van der Waals surface area contributed by atoms with Crippen molar-refractivity contribution in [2.24, 2.45) is 0 Å². The number of aromatic carboxylic acids is 1. The number of carbonyl (C=O) groups is 1. The second-order valence-electron chi connectivity index (χ2n) is 3.46. The smallest absolute Gasteiger partial charge is 0.360 e. The highest BCUT2D eigenvalue weighted by atomic mass is 32.1. The van der Waals surface area contributed by atoms with E-state index < -0.39 is 5.97 Å². The fourth-order valence-corrected chi connectivity index (χ4v) is 2.84. The van der Waals surface area contributed by atoms with E-state index in [4.69, 9.17) is 9.84 Å². The van der Waals surface area contributed by atoms with E-state index in [0.29, 0.717) is 4.96 Å². The number of benzene rings is 1. The SMILES string of the molecule is COc1c(C(=O)O)nc2sc3ccccc3n12. The summed E-state index contributed by atoms with van der Waals surface area (Å²) in [6.07, 6.45) is 0. The molecule has 0 saturated heterocycles. The van der Waals surface area contributed by atoms with Crippen LogP contribution in [0.25, 0.3) is 15.2 Å². The maximum absolute atomic E-state index is 11.0. The number of aromatic nitrogens is 2. The first-order valence-corrected chi connectivity index (χ1v) is 5.71. The van der Waals surface area contributed by atoms with Crippen LogP contribution in [0.15, 0.2) is 24.3 Å². The Bertz CT molecular complexity index is 729. The topological polar surface area (TPSA) is 63.8 Å². The molecule has 17 heavy (non-hydrogen) atoms. The summed E-state index contributed by atoms with van der Waals surface area (Å²) in [6.45, 7) is 0. The molecule has 0 radical (unpaired) electrons. The molecule has 0 bridgehead atoms. The van der Waals surface area contributed by atoms with Crippen molar-refractivity contribution in [3.8, 4) is 5.88 Å². The Labute approximate surface area is 99.9 Å². The molecular formula is C11H8N2O3S. The molecule has 0 aliphatic heterocycles. The van der Waals surface area contributed by atoms with E-state index >= 15 is 0 Å². The molecular weight excluding hydrogens is 240 g/mol. The van der Waals surface area contributed by atoms with Crippen LogP contribution in [0.1, 0.15) is 10.5 Å². The minimum Gasteiger partial charge on any atom is -0.480 e. The van der Waals surface area contributed by atoms with Gasteiger partial charge in [-0.25, -0.2) is 9.78 Å². The number of thiazole rings is 1. The van der Waals surface area contributed by atoms with Crippen LogP contribution in [0, 0.1) is 0 Å². The van der Waals surface area contributed by atoms with Crippen LogP contribution in [-0.4, -0.2) is 27.6 Å². The predicted octanol–water partition coefficient (Wildman–Crippen LogP) is 2.26. The van der Waals surface area contributed by atoms with Gasteiger partial charge >= 0.3 is 5.97 Å². The van der Waals surface area contributed by atoms with Crippen molar-refractivity contribution < 1.29 is 14.6 Å². The standard InChI is InChI=1S/C11H8N2O3S/c1-16-9-8(10(14)15)12-11-13(9)6-4-2-3-5-7(6)17-11/h2-5H,1H3,(H,14,15). The quantitative estimate of drug-likeness (QED) is 0.755. The van der Waals surface area contributed by atoms with E-state index in [9.17, 15) is 4.79 Å². The van der Waals surface area contributed by atoms with Gasteiger partial charge in [0.15, 0.2) is 4.96 Å². The molecule has 0 aliphatic carbocycles. The van der Waals surface area contributed by atoms with E-state index in [2.05, 4.69) is 4.98 Å². The number of nitrogens with zero attached hydrogens (tertiary/aromatic N) is 2. The van der Waals surface area contributed by atoms with Gasteiger partial charge in [-0.2, -0.15) is 0 Å². The van der Waals surface area contributed by atoms with Crippen LogP contribution in [0.2, 0.25) is 0 Å². The van der Waals surface area contributed by atoms with Gasteiger partial charge in [-0.3, -0.25) is 4.40 Å². The van der Waals surface area contributed by atoms with Gasteiger partial charge in [-0.15, -0.1) is 0 Å². The van der Waals surface area contributed by atoms with Gasteiger partial charge in [0, 0.05) is 0 Å². The van der Waals surface area contributed by atoms with Crippen LogP contribution in [0.4, 0.5) is 0 Å². The highest BCUT2D eigenvalue weighted by molar-refractivity contribution is 7.23. The number of hydrogen-bond acceptors (Lipinski definition) is 4. The molecule has 1 aromatic carbocycles. The first kappa shape index (κ1) is 10.1. The number of carboxylic acids is 1. The van der Waals surface area contributed by atoms with Crippen molar-refractivity contribution >= 4 is 32.5 Å². The number of carboxylic acid groups (broad SMARTS) is 1. The first-order valence-electron chi connectivity index (χ1n) is 4.89. The largest absolute Gasteiger partial charge is 0.480 e. The molecule has 0 aliphatic rings. The van der Waals surface area contributed by atoms with Gasteiger partial charge < -0.3 is 9.84 Å². The maximum atomic E-state index is 11.0. The lowest BCUT2D eigenvalue weighted by molar-refractivity contribution is 0.0687. The number of ether oxygens (including phenoxy) is 1. The zero-order valence-electron chi connectivity index (χ0n) is 8.88. The Morgan fingerprint density at radius 1 is 1.47 bits per heavy atom. The monoisotopic (exact) mass is 248 g/mol. The van der Waals surface area contributed by atoms with Crippen LogP contribution < -0.4 is 4.74 Å². The summed E-state index contributed by atoms with van der Waals surface area (Å²) in [5, 5.41) is 9.04. The van der Waals surface area contributed by atoms with Gasteiger partial charge in [0.2, 0.25) is 11.6 Å². The lowest BCUT2D eigenvalue weighted by Gasteiger charge is -1.99. The number of hydrogen-bond donors (Lipinski definition) is 1. The minimum absolute atomic E-state index is 0.0514. The first-order chi connectivity index (χ1) is 8.22. The average Bonchev–Trinajstić information content (AvgIpc) is 2.83. The molecule has 0 fully saturated rings. The summed E-state index contributed by atoms with van der Waals surface area (Å²) < 4.78 is 7.92. The van der Waals surface area contributed by atoms with Crippen LogP contribution in [0.5, 0.6) is 5.88 Å². The summed E-state index contributed by atoms with van der Waals surface area (Å²) >= 11 is 1.44. The van der Waals surface area contributed by atoms with Crippen LogP contribution >= 0.6 is 11.3 Å². The Kier molecular flexibility index (Phi) is 2.05. The van der Waals surface area contributed by atoms with Crippen molar-refractivity contribution in [3.05, 3.63) is 30.0 Å². The lowest BCUT2D eigenvalue weighted by atomic mass is 10.3. The summed E-state index contributed by atoms with van der Waals surface area (Å²) in [4.78, 5) is 15.7. The van der Waals surface area contributed by atoms with E-state index in [1.165, 1.54) is 18.4 Å².